The number of ether oxygens (including phenoxy) is 2. The quantitative estimate of drug-likeness (QED) is 0.370. The third kappa shape index (κ3) is 5.52. The lowest BCUT2D eigenvalue weighted by Gasteiger charge is -2.18. The molecule has 4 amide bonds. The number of urea groups is 1. The molecule has 1 fully saturated rings. The van der Waals surface area contributed by atoms with E-state index < -0.39 is 17.8 Å². The number of carbonyl (C=O) groups is 3. The van der Waals surface area contributed by atoms with Gasteiger partial charge in [-0.3, -0.25) is 20.2 Å². The minimum atomic E-state index is -0.848. The van der Waals surface area contributed by atoms with Crippen molar-refractivity contribution in [2.75, 3.05) is 6.61 Å². The second-order valence-corrected chi connectivity index (χ2v) is 7.08. The normalized spacial score (nSPS) is 13.4. The number of hydrogen-bond acceptors (Lipinski definition) is 5. The molecule has 160 valence electrons. The summed E-state index contributed by atoms with van der Waals surface area (Å²) in [6.45, 7) is 6.29. The molecule has 1 saturated heterocycles. The molecule has 31 heavy (non-hydrogen) atoms. The van der Waals surface area contributed by atoms with Gasteiger partial charge in [0.25, 0.3) is 11.8 Å². The Hall–Kier alpha value is -3.58. The second kappa shape index (κ2) is 9.95. The molecule has 0 aromatic heterocycles. The van der Waals surface area contributed by atoms with E-state index in [1.54, 1.807) is 24.3 Å². The van der Waals surface area contributed by atoms with Crippen LogP contribution >= 0.6 is 11.6 Å². The largest absolute Gasteiger partial charge is 0.490 e. The zero-order valence-electron chi connectivity index (χ0n) is 16.9. The molecule has 1 aliphatic rings. The summed E-state index contributed by atoms with van der Waals surface area (Å²) >= 11 is 6.05. The SMILES string of the molecule is C=CCc1cc(C=C2C(=O)NC(=O)NC2=O)cc(OCC)c1OCc1cccc(Cl)c1. The van der Waals surface area contributed by atoms with Crippen molar-refractivity contribution in [3.8, 4) is 11.5 Å². The minimum absolute atomic E-state index is 0.181. The molecule has 2 N–H and O–H groups in total. The summed E-state index contributed by atoms with van der Waals surface area (Å²) in [6.07, 6.45) is 3.58. The predicted molar refractivity (Wildman–Crippen MR) is 117 cm³/mol. The van der Waals surface area contributed by atoms with Crippen LogP contribution in [-0.4, -0.2) is 24.5 Å². The highest BCUT2D eigenvalue weighted by molar-refractivity contribution is 6.31. The van der Waals surface area contributed by atoms with E-state index in [4.69, 9.17) is 21.1 Å². The van der Waals surface area contributed by atoms with E-state index in [0.717, 1.165) is 11.1 Å². The Morgan fingerprint density at radius 1 is 1.06 bits per heavy atom. The highest BCUT2D eigenvalue weighted by Crippen LogP contribution is 2.35. The number of barbiturate groups is 1. The van der Waals surface area contributed by atoms with Crippen LogP contribution in [0.4, 0.5) is 4.79 Å². The maximum absolute atomic E-state index is 12.1. The predicted octanol–water partition coefficient (Wildman–Crippen LogP) is 3.80. The lowest BCUT2D eigenvalue weighted by Crippen LogP contribution is -2.51. The summed E-state index contributed by atoms with van der Waals surface area (Å²) in [5.74, 6) is -0.531. The third-order valence-corrected chi connectivity index (χ3v) is 4.58. The van der Waals surface area contributed by atoms with Crippen molar-refractivity contribution in [2.24, 2.45) is 0 Å². The summed E-state index contributed by atoms with van der Waals surface area (Å²) in [6, 6.07) is 9.95. The topological polar surface area (TPSA) is 93.7 Å². The van der Waals surface area contributed by atoms with Gasteiger partial charge in [-0.05, 0) is 54.8 Å². The first-order valence-corrected chi connectivity index (χ1v) is 9.95. The average Bonchev–Trinajstić information content (AvgIpc) is 2.70. The Morgan fingerprint density at radius 2 is 1.81 bits per heavy atom. The number of benzene rings is 2. The average molecular weight is 441 g/mol. The highest BCUT2D eigenvalue weighted by atomic mass is 35.5. The molecule has 0 saturated carbocycles. The van der Waals surface area contributed by atoms with Crippen LogP contribution < -0.4 is 20.1 Å². The lowest BCUT2D eigenvalue weighted by atomic mass is 10.0. The number of rotatable bonds is 8. The molecule has 0 spiro atoms. The molecule has 0 radical (unpaired) electrons. The Balaban J connectivity index is 1.98. The number of halogens is 1. The van der Waals surface area contributed by atoms with Crippen molar-refractivity contribution in [2.45, 2.75) is 20.0 Å². The number of hydrogen-bond donors (Lipinski definition) is 2. The maximum Gasteiger partial charge on any atom is 0.328 e. The van der Waals surface area contributed by atoms with Crippen LogP contribution in [0.5, 0.6) is 11.5 Å². The van der Waals surface area contributed by atoms with Crippen LogP contribution in [0, 0.1) is 0 Å². The van der Waals surface area contributed by atoms with Gasteiger partial charge >= 0.3 is 6.03 Å². The van der Waals surface area contributed by atoms with Gasteiger partial charge in [0.1, 0.15) is 12.2 Å². The number of carbonyl (C=O) groups excluding carboxylic acids is 3. The van der Waals surface area contributed by atoms with Crippen LogP contribution in [0.3, 0.4) is 0 Å². The third-order valence-electron chi connectivity index (χ3n) is 4.34. The molecular formula is C23H21ClN2O5. The van der Waals surface area contributed by atoms with Crippen LogP contribution in [0.2, 0.25) is 5.02 Å². The number of allylic oxidation sites excluding steroid dienone is 1. The molecule has 0 bridgehead atoms. The van der Waals surface area contributed by atoms with Gasteiger partial charge in [-0.2, -0.15) is 0 Å². The first-order valence-electron chi connectivity index (χ1n) is 9.57. The summed E-state index contributed by atoms with van der Waals surface area (Å²) in [5.41, 5.74) is 2.03. The molecule has 2 aromatic carbocycles. The van der Waals surface area contributed by atoms with Crippen molar-refractivity contribution in [1.82, 2.24) is 10.6 Å². The molecule has 7 nitrogen and oxygen atoms in total. The monoisotopic (exact) mass is 440 g/mol. The van der Waals surface area contributed by atoms with Crippen molar-refractivity contribution < 1.29 is 23.9 Å². The van der Waals surface area contributed by atoms with Gasteiger partial charge in [-0.25, -0.2) is 4.79 Å². The fourth-order valence-corrected chi connectivity index (χ4v) is 3.27. The fourth-order valence-electron chi connectivity index (χ4n) is 3.06. The van der Waals surface area contributed by atoms with Gasteiger partial charge in [0.2, 0.25) is 0 Å². The Kier molecular flexibility index (Phi) is 7.10. The minimum Gasteiger partial charge on any atom is -0.490 e. The van der Waals surface area contributed by atoms with Gasteiger partial charge in [-0.15, -0.1) is 6.58 Å². The van der Waals surface area contributed by atoms with Crippen molar-refractivity contribution in [1.29, 1.82) is 0 Å². The molecule has 8 heteroatoms. The first kappa shape index (κ1) is 22.1. The number of imide groups is 2. The Morgan fingerprint density at radius 3 is 2.45 bits per heavy atom. The molecule has 0 aliphatic carbocycles. The molecule has 2 aromatic rings. The van der Waals surface area contributed by atoms with Gasteiger partial charge in [0.15, 0.2) is 11.5 Å². The molecule has 1 heterocycles. The zero-order valence-corrected chi connectivity index (χ0v) is 17.6. The Labute approximate surface area is 184 Å². The van der Waals surface area contributed by atoms with Gasteiger partial charge in [-0.1, -0.05) is 29.8 Å². The summed E-state index contributed by atoms with van der Waals surface area (Å²) < 4.78 is 11.8. The summed E-state index contributed by atoms with van der Waals surface area (Å²) in [4.78, 5) is 35.4. The smallest absolute Gasteiger partial charge is 0.328 e. The van der Waals surface area contributed by atoms with E-state index in [1.807, 2.05) is 25.1 Å². The summed E-state index contributed by atoms with van der Waals surface area (Å²) in [7, 11) is 0. The van der Waals surface area contributed by atoms with Crippen LogP contribution in [0.25, 0.3) is 6.08 Å². The molecular weight excluding hydrogens is 420 g/mol. The van der Waals surface area contributed by atoms with Gasteiger partial charge < -0.3 is 9.47 Å². The molecule has 1 aliphatic heterocycles. The molecule has 3 rings (SSSR count). The molecule has 0 unspecified atom stereocenters. The van der Waals surface area contributed by atoms with E-state index in [1.165, 1.54) is 6.08 Å². The number of nitrogens with one attached hydrogen (secondary N) is 2. The fraction of sp³-hybridized carbons (Fsp3) is 0.174. The van der Waals surface area contributed by atoms with Gasteiger partial charge in [0, 0.05) is 10.6 Å². The van der Waals surface area contributed by atoms with E-state index >= 15 is 0 Å². The van der Waals surface area contributed by atoms with Crippen LogP contribution in [0.15, 0.2) is 54.6 Å². The maximum atomic E-state index is 12.1. The van der Waals surface area contributed by atoms with E-state index in [0.29, 0.717) is 35.1 Å². The Bertz CT molecular complexity index is 1060. The highest BCUT2D eigenvalue weighted by Gasteiger charge is 2.28. The van der Waals surface area contributed by atoms with E-state index in [2.05, 4.69) is 17.2 Å². The van der Waals surface area contributed by atoms with Gasteiger partial charge in [0.05, 0.1) is 6.61 Å². The zero-order chi connectivity index (χ0) is 22.4. The van der Waals surface area contributed by atoms with Crippen molar-refractivity contribution in [3.05, 3.63) is 76.3 Å². The van der Waals surface area contributed by atoms with E-state index in [9.17, 15) is 14.4 Å². The van der Waals surface area contributed by atoms with E-state index in [-0.39, 0.29) is 12.2 Å². The summed E-state index contributed by atoms with van der Waals surface area (Å²) in [5, 5.41) is 4.72. The first-order chi connectivity index (χ1) is 14.9. The van der Waals surface area contributed by atoms with Crippen molar-refractivity contribution in [3.63, 3.8) is 0 Å². The standard InChI is InChI=1S/C23H21ClN2O5/c1-3-6-16-9-15(11-18-21(27)25-23(29)26-22(18)28)12-19(30-4-2)20(16)31-13-14-7-5-8-17(24)10-14/h3,5,7-12H,1,4,6,13H2,2H3,(H2,25,26,27,28,29). The number of amides is 4. The van der Waals surface area contributed by atoms with Crippen LogP contribution in [0.1, 0.15) is 23.6 Å². The van der Waals surface area contributed by atoms with Crippen molar-refractivity contribution >= 4 is 35.5 Å². The second-order valence-electron chi connectivity index (χ2n) is 6.65. The van der Waals surface area contributed by atoms with Crippen LogP contribution in [-0.2, 0) is 22.6 Å². The lowest BCUT2D eigenvalue weighted by molar-refractivity contribution is -0.123. The molecule has 0 atom stereocenters.